The highest BCUT2D eigenvalue weighted by Gasteiger charge is 2.37. The molecule has 1 aliphatic rings. The second kappa shape index (κ2) is 10.9. The molecule has 4 amide bonds. The molecule has 1 saturated heterocycles. The fourth-order valence-corrected chi connectivity index (χ4v) is 4.58. The summed E-state index contributed by atoms with van der Waals surface area (Å²) in [6.07, 6.45) is 2.00. The van der Waals surface area contributed by atoms with Crippen LogP contribution in [0, 0.1) is 9.39 Å². The number of carbonyl (C=O) groups is 3. The summed E-state index contributed by atoms with van der Waals surface area (Å²) in [5.74, 6) is -1.14. The van der Waals surface area contributed by atoms with Crippen molar-refractivity contribution in [2.75, 3.05) is 12.0 Å². The number of imide groups is 2. The minimum absolute atomic E-state index is 0.00568. The van der Waals surface area contributed by atoms with Gasteiger partial charge in [-0.3, -0.25) is 14.9 Å². The van der Waals surface area contributed by atoms with Gasteiger partial charge in [0.25, 0.3) is 11.8 Å². The SMILES string of the molecule is CCc1ccccc1N1C(=O)NC(=O)/C(=C/c2cc(I)c(OCc3ccccc3F)c(OC)c2)C1=O. The van der Waals surface area contributed by atoms with Crippen LogP contribution in [0.1, 0.15) is 23.6 Å². The number of nitrogens with zero attached hydrogens (tertiary/aromatic N) is 1. The summed E-state index contributed by atoms with van der Waals surface area (Å²) in [4.78, 5) is 39.5. The number of benzene rings is 3. The second-order valence-corrected chi connectivity index (χ2v) is 9.02. The molecule has 1 fully saturated rings. The van der Waals surface area contributed by atoms with Gasteiger partial charge in [-0.2, -0.15) is 0 Å². The molecular weight excluding hydrogens is 578 g/mol. The van der Waals surface area contributed by atoms with Crippen molar-refractivity contribution < 1.29 is 28.2 Å². The van der Waals surface area contributed by atoms with E-state index in [9.17, 15) is 18.8 Å². The number of amides is 4. The van der Waals surface area contributed by atoms with Crippen molar-refractivity contribution in [1.29, 1.82) is 0 Å². The van der Waals surface area contributed by atoms with Crippen LogP contribution in [0.2, 0.25) is 0 Å². The van der Waals surface area contributed by atoms with Gasteiger partial charge in [0.05, 0.1) is 16.4 Å². The Morgan fingerprint density at radius 3 is 2.42 bits per heavy atom. The van der Waals surface area contributed by atoms with Crippen LogP contribution in [-0.2, 0) is 22.6 Å². The van der Waals surface area contributed by atoms with Crippen molar-refractivity contribution in [2.45, 2.75) is 20.0 Å². The monoisotopic (exact) mass is 600 g/mol. The number of para-hydroxylation sites is 1. The number of nitrogens with one attached hydrogen (secondary N) is 1. The average Bonchev–Trinajstić information content (AvgIpc) is 2.86. The summed E-state index contributed by atoms with van der Waals surface area (Å²) in [6, 6.07) is 15.8. The van der Waals surface area contributed by atoms with E-state index in [0.29, 0.717) is 38.3 Å². The molecule has 0 saturated carbocycles. The summed E-state index contributed by atoms with van der Waals surface area (Å²) >= 11 is 2.04. The summed E-state index contributed by atoms with van der Waals surface area (Å²) in [6.45, 7) is 1.91. The van der Waals surface area contributed by atoms with Gasteiger partial charge in [-0.25, -0.2) is 14.1 Å². The fourth-order valence-electron chi connectivity index (χ4n) is 3.80. The van der Waals surface area contributed by atoms with Crippen molar-refractivity contribution in [3.05, 3.63) is 92.3 Å². The number of hydrogen-bond acceptors (Lipinski definition) is 5. The summed E-state index contributed by atoms with van der Waals surface area (Å²) < 4.78 is 25.9. The molecule has 0 unspecified atom stereocenters. The lowest BCUT2D eigenvalue weighted by molar-refractivity contribution is -0.122. The molecule has 9 heteroatoms. The van der Waals surface area contributed by atoms with Gasteiger partial charge in [-0.1, -0.05) is 43.3 Å². The Morgan fingerprint density at radius 1 is 1.03 bits per heavy atom. The van der Waals surface area contributed by atoms with Crippen LogP contribution in [0.4, 0.5) is 14.9 Å². The van der Waals surface area contributed by atoms with Crippen LogP contribution in [0.25, 0.3) is 6.08 Å². The molecule has 184 valence electrons. The Balaban J connectivity index is 1.67. The summed E-state index contributed by atoms with van der Waals surface area (Å²) in [5, 5.41) is 2.24. The minimum Gasteiger partial charge on any atom is -0.493 e. The van der Waals surface area contributed by atoms with Gasteiger partial charge < -0.3 is 9.47 Å². The lowest BCUT2D eigenvalue weighted by Crippen LogP contribution is -2.54. The molecular formula is C27H22FIN2O5. The molecule has 0 bridgehead atoms. The van der Waals surface area contributed by atoms with Gasteiger partial charge in [0.15, 0.2) is 11.5 Å². The highest BCUT2D eigenvalue weighted by Crippen LogP contribution is 2.36. The lowest BCUT2D eigenvalue weighted by atomic mass is 10.0. The van der Waals surface area contributed by atoms with E-state index in [1.807, 2.05) is 41.6 Å². The van der Waals surface area contributed by atoms with E-state index in [1.165, 1.54) is 19.3 Å². The van der Waals surface area contributed by atoms with E-state index in [2.05, 4.69) is 5.32 Å². The highest BCUT2D eigenvalue weighted by atomic mass is 127. The number of hydrogen-bond donors (Lipinski definition) is 1. The Morgan fingerprint density at radius 2 is 1.72 bits per heavy atom. The lowest BCUT2D eigenvalue weighted by Gasteiger charge is -2.28. The predicted molar refractivity (Wildman–Crippen MR) is 141 cm³/mol. The van der Waals surface area contributed by atoms with Crippen molar-refractivity contribution in [3.8, 4) is 11.5 Å². The molecule has 0 atom stereocenters. The molecule has 1 heterocycles. The first-order valence-corrected chi connectivity index (χ1v) is 12.1. The number of carbonyl (C=O) groups excluding carboxylic acids is 3. The number of halogens is 2. The molecule has 0 aliphatic carbocycles. The van der Waals surface area contributed by atoms with Gasteiger partial charge in [0.1, 0.15) is 18.0 Å². The zero-order chi connectivity index (χ0) is 25.8. The molecule has 3 aromatic carbocycles. The number of anilines is 1. The third-order valence-electron chi connectivity index (χ3n) is 5.61. The molecule has 0 radical (unpaired) electrons. The van der Waals surface area contributed by atoms with Crippen LogP contribution in [0.5, 0.6) is 11.5 Å². The Bertz CT molecular complexity index is 1390. The molecule has 0 spiro atoms. The molecule has 4 rings (SSSR count). The van der Waals surface area contributed by atoms with Crippen LogP contribution in [-0.4, -0.2) is 25.0 Å². The number of methoxy groups -OCH3 is 1. The van der Waals surface area contributed by atoms with Crippen molar-refractivity contribution in [2.24, 2.45) is 0 Å². The Labute approximate surface area is 221 Å². The smallest absolute Gasteiger partial charge is 0.335 e. The van der Waals surface area contributed by atoms with E-state index in [1.54, 1.807) is 42.5 Å². The van der Waals surface area contributed by atoms with E-state index in [0.717, 1.165) is 10.5 Å². The first kappa shape index (κ1) is 25.4. The average molecular weight is 600 g/mol. The van der Waals surface area contributed by atoms with Gasteiger partial charge in [-0.05, 0) is 70.5 Å². The third kappa shape index (κ3) is 5.11. The predicted octanol–water partition coefficient (Wildman–Crippen LogP) is 5.25. The normalized spacial score (nSPS) is 14.7. The number of aryl methyl sites for hydroxylation is 1. The first-order chi connectivity index (χ1) is 17.3. The van der Waals surface area contributed by atoms with E-state index < -0.39 is 17.8 Å². The standard InChI is InChI=1S/C27H22FIN2O5/c1-3-17-8-5-7-11-22(17)31-26(33)19(25(32)30-27(31)34)12-16-13-21(29)24(23(14-16)35-2)36-15-18-9-4-6-10-20(18)28/h4-14H,3,15H2,1-2H3,(H,30,32,34)/b19-12-. The number of ether oxygens (including phenoxy) is 2. The fraction of sp³-hybridized carbons (Fsp3) is 0.148. The molecule has 7 nitrogen and oxygen atoms in total. The van der Waals surface area contributed by atoms with Crippen molar-refractivity contribution >= 4 is 52.2 Å². The maximum absolute atomic E-state index is 14.0. The highest BCUT2D eigenvalue weighted by molar-refractivity contribution is 14.1. The van der Waals surface area contributed by atoms with E-state index in [-0.39, 0.29) is 18.0 Å². The molecule has 0 aromatic heterocycles. The Kier molecular flexibility index (Phi) is 7.68. The van der Waals surface area contributed by atoms with Crippen LogP contribution in [0.15, 0.2) is 66.2 Å². The quantitative estimate of drug-likeness (QED) is 0.228. The van der Waals surface area contributed by atoms with Gasteiger partial charge >= 0.3 is 6.03 Å². The molecule has 3 aromatic rings. The summed E-state index contributed by atoms with van der Waals surface area (Å²) in [5.41, 5.74) is 1.90. The zero-order valence-electron chi connectivity index (χ0n) is 19.5. The number of rotatable bonds is 7. The zero-order valence-corrected chi connectivity index (χ0v) is 21.7. The van der Waals surface area contributed by atoms with Gasteiger partial charge in [0.2, 0.25) is 0 Å². The largest absolute Gasteiger partial charge is 0.493 e. The Hall–Kier alpha value is -3.73. The van der Waals surface area contributed by atoms with Crippen molar-refractivity contribution in [3.63, 3.8) is 0 Å². The number of urea groups is 1. The van der Waals surface area contributed by atoms with Gasteiger partial charge in [0, 0.05) is 5.56 Å². The third-order valence-corrected chi connectivity index (χ3v) is 6.41. The van der Waals surface area contributed by atoms with Crippen LogP contribution < -0.4 is 19.7 Å². The molecule has 1 N–H and O–H groups in total. The maximum Gasteiger partial charge on any atom is 0.335 e. The summed E-state index contributed by atoms with van der Waals surface area (Å²) in [7, 11) is 1.46. The molecule has 36 heavy (non-hydrogen) atoms. The maximum atomic E-state index is 14.0. The van der Waals surface area contributed by atoms with Gasteiger partial charge in [-0.15, -0.1) is 0 Å². The number of barbiturate groups is 1. The first-order valence-electron chi connectivity index (χ1n) is 11.1. The molecule has 1 aliphatic heterocycles. The van der Waals surface area contributed by atoms with E-state index in [4.69, 9.17) is 9.47 Å². The van der Waals surface area contributed by atoms with E-state index >= 15 is 0 Å². The topological polar surface area (TPSA) is 84.9 Å². The minimum atomic E-state index is -0.799. The van der Waals surface area contributed by atoms with Crippen LogP contribution in [0.3, 0.4) is 0 Å². The van der Waals surface area contributed by atoms with Crippen molar-refractivity contribution in [1.82, 2.24) is 5.32 Å². The van der Waals surface area contributed by atoms with Crippen LogP contribution >= 0.6 is 22.6 Å². The second-order valence-electron chi connectivity index (χ2n) is 7.85.